The fourth-order valence-corrected chi connectivity index (χ4v) is 1.96. The van der Waals surface area contributed by atoms with Crippen molar-refractivity contribution in [2.45, 2.75) is 19.6 Å². The molecule has 1 atom stereocenters. The van der Waals surface area contributed by atoms with Crippen LogP contribution in [0.2, 0.25) is 5.02 Å². The third kappa shape index (κ3) is 3.46. The number of benzene rings is 2. The van der Waals surface area contributed by atoms with Crippen molar-refractivity contribution >= 4 is 11.6 Å². The smallest absolute Gasteiger partial charge is 0.129 e. The van der Waals surface area contributed by atoms with E-state index in [1.54, 1.807) is 36.4 Å². The van der Waals surface area contributed by atoms with Gasteiger partial charge in [-0.05, 0) is 31.2 Å². The lowest BCUT2D eigenvalue weighted by atomic mass is 10.1. The van der Waals surface area contributed by atoms with Crippen molar-refractivity contribution < 1.29 is 9.13 Å². The van der Waals surface area contributed by atoms with E-state index in [1.807, 2.05) is 6.92 Å². The molecule has 0 aliphatic heterocycles. The third-order valence-electron chi connectivity index (χ3n) is 2.80. The number of nitrogens with two attached hydrogens (primary N) is 1. The van der Waals surface area contributed by atoms with Gasteiger partial charge in [-0.3, -0.25) is 0 Å². The van der Waals surface area contributed by atoms with Crippen LogP contribution in [-0.2, 0) is 6.61 Å². The molecule has 4 heteroatoms. The molecule has 0 aromatic heterocycles. The molecule has 0 fully saturated rings. The quantitative estimate of drug-likeness (QED) is 0.915. The second kappa shape index (κ2) is 6.04. The Hall–Kier alpha value is -1.58. The van der Waals surface area contributed by atoms with Crippen molar-refractivity contribution in [1.29, 1.82) is 0 Å². The van der Waals surface area contributed by atoms with Crippen LogP contribution in [0.1, 0.15) is 24.1 Å². The van der Waals surface area contributed by atoms with Crippen LogP contribution in [0.15, 0.2) is 42.5 Å². The summed E-state index contributed by atoms with van der Waals surface area (Å²) in [5, 5.41) is 0.602. The molecule has 0 aliphatic rings. The lowest BCUT2D eigenvalue weighted by molar-refractivity contribution is 0.295. The molecular formula is C15H15ClFNO. The minimum atomic E-state index is -0.279. The first-order valence-corrected chi connectivity index (χ1v) is 6.37. The topological polar surface area (TPSA) is 35.2 Å². The van der Waals surface area contributed by atoms with Crippen molar-refractivity contribution in [2.75, 3.05) is 0 Å². The zero-order valence-electron chi connectivity index (χ0n) is 10.6. The maximum atomic E-state index is 13.5. The normalized spacial score (nSPS) is 12.2. The van der Waals surface area contributed by atoms with Gasteiger partial charge in [0.05, 0.1) is 0 Å². The summed E-state index contributed by atoms with van der Waals surface area (Å²) in [5.74, 6) is 0.349. The van der Waals surface area contributed by atoms with Gasteiger partial charge in [0, 0.05) is 22.2 Å². The largest absolute Gasteiger partial charge is 0.488 e. The summed E-state index contributed by atoms with van der Waals surface area (Å²) < 4.78 is 19.1. The highest BCUT2D eigenvalue weighted by Gasteiger charge is 2.10. The molecule has 2 nitrogen and oxygen atoms in total. The summed E-state index contributed by atoms with van der Waals surface area (Å²) in [6.07, 6.45) is 0. The van der Waals surface area contributed by atoms with E-state index in [4.69, 9.17) is 22.1 Å². The SMILES string of the molecule is C[C@H](N)c1cc(Cl)ccc1OCc1ccccc1F. The maximum Gasteiger partial charge on any atom is 0.129 e. The van der Waals surface area contributed by atoms with Crippen LogP contribution >= 0.6 is 11.6 Å². The Morgan fingerprint density at radius 2 is 2.00 bits per heavy atom. The summed E-state index contributed by atoms with van der Waals surface area (Å²) in [6.45, 7) is 2.01. The average molecular weight is 280 g/mol. The van der Waals surface area contributed by atoms with Crippen LogP contribution in [-0.4, -0.2) is 0 Å². The van der Waals surface area contributed by atoms with Crippen LogP contribution in [0.25, 0.3) is 0 Å². The lowest BCUT2D eigenvalue weighted by Crippen LogP contribution is -2.08. The van der Waals surface area contributed by atoms with Gasteiger partial charge in [0.15, 0.2) is 0 Å². The van der Waals surface area contributed by atoms with Gasteiger partial charge in [-0.25, -0.2) is 4.39 Å². The number of hydrogen-bond acceptors (Lipinski definition) is 2. The first-order chi connectivity index (χ1) is 9.08. The highest BCUT2D eigenvalue weighted by molar-refractivity contribution is 6.30. The Bertz CT molecular complexity index is 572. The van der Waals surface area contributed by atoms with Crippen molar-refractivity contribution in [3.05, 3.63) is 64.4 Å². The minimum absolute atomic E-state index is 0.161. The molecule has 0 radical (unpaired) electrons. The Kier molecular flexibility index (Phi) is 4.40. The Balaban J connectivity index is 2.18. The van der Waals surface area contributed by atoms with Gasteiger partial charge in [0.2, 0.25) is 0 Å². The van der Waals surface area contributed by atoms with Gasteiger partial charge >= 0.3 is 0 Å². The summed E-state index contributed by atoms with van der Waals surface area (Å²) in [6, 6.07) is 11.6. The molecule has 0 saturated heterocycles. The second-order valence-corrected chi connectivity index (χ2v) is 4.79. The molecule has 100 valence electrons. The Morgan fingerprint density at radius 1 is 1.26 bits per heavy atom. The van der Waals surface area contributed by atoms with E-state index in [9.17, 15) is 4.39 Å². The van der Waals surface area contributed by atoms with E-state index in [2.05, 4.69) is 0 Å². The average Bonchev–Trinajstić information content (AvgIpc) is 2.38. The summed E-state index contributed by atoms with van der Waals surface area (Å²) in [5.41, 5.74) is 7.19. The standard InChI is InChI=1S/C15H15ClFNO/c1-10(18)13-8-12(16)6-7-15(13)19-9-11-4-2-3-5-14(11)17/h2-8,10H,9,18H2,1H3/t10-/m0/s1. The van der Waals surface area contributed by atoms with E-state index < -0.39 is 0 Å². The molecule has 0 saturated carbocycles. The van der Waals surface area contributed by atoms with Crippen LogP contribution < -0.4 is 10.5 Å². The molecule has 2 N–H and O–H groups in total. The molecule has 0 unspecified atom stereocenters. The Labute approximate surface area is 117 Å². The predicted molar refractivity (Wildman–Crippen MR) is 74.8 cm³/mol. The molecule has 0 bridgehead atoms. The number of hydrogen-bond donors (Lipinski definition) is 1. The summed E-state index contributed by atoms with van der Waals surface area (Å²) in [4.78, 5) is 0. The first-order valence-electron chi connectivity index (χ1n) is 5.99. The molecule has 19 heavy (non-hydrogen) atoms. The van der Waals surface area contributed by atoms with E-state index in [-0.39, 0.29) is 18.5 Å². The fraction of sp³-hybridized carbons (Fsp3) is 0.200. The Morgan fingerprint density at radius 3 is 2.68 bits per heavy atom. The maximum absolute atomic E-state index is 13.5. The van der Waals surface area contributed by atoms with Gasteiger partial charge in [-0.15, -0.1) is 0 Å². The second-order valence-electron chi connectivity index (χ2n) is 4.35. The molecule has 0 heterocycles. The van der Waals surface area contributed by atoms with Crippen molar-refractivity contribution in [2.24, 2.45) is 5.73 Å². The van der Waals surface area contributed by atoms with Gasteiger partial charge < -0.3 is 10.5 Å². The molecule has 2 aromatic rings. The first kappa shape index (κ1) is 13.8. The zero-order chi connectivity index (χ0) is 13.8. The zero-order valence-corrected chi connectivity index (χ0v) is 11.3. The van der Waals surface area contributed by atoms with Crippen molar-refractivity contribution in [1.82, 2.24) is 0 Å². The number of halogens is 2. The van der Waals surface area contributed by atoms with Gasteiger partial charge in [-0.2, -0.15) is 0 Å². The number of ether oxygens (including phenoxy) is 1. The van der Waals surface area contributed by atoms with Gasteiger partial charge in [0.1, 0.15) is 18.2 Å². The molecular weight excluding hydrogens is 265 g/mol. The highest BCUT2D eigenvalue weighted by Crippen LogP contribution is 2.28. The van der Waals surface area contributed by atoms with Crippen LogP contribution in [0.5, 0.6) is 5.75 Å². The van der Waals surface area contributed by atoms with Gasteiger partial charge in [-0.1, -0.05) is 29.8 Å². The third-order valence-corrected chi connectivity index (χ3v) is 3.04. The molecule has 2 aromatic carbocycles. The minimum Gasteiger partial charge on any atom is -0.488 e. The van der Waals surface area contributed by atoms with E-state index in [1.165, 1.54) is 6.07 Å². The fourth-order valence-electron chi connectivity index (χ4n) is 1.78. The van der Waals surface area contributed by atoms with Crippen LogP contribution in [0.3, 0.4) is 0 Å². The van der Waals surface area contributed by atoms with E-state index >= 15 is 0 Å². The van der Waals surface area contributed by atoms with Crippen molar-refractivity contribution in [3.8, 4) is 5.75 Å². The van der Waals surface area contributed by atoms with Crippen molar-refractivity contribution in [3.63, 3.8) is 0 Å². The summed E-state index contributed by atoms with van der Waals surface area (Å²) >= 11 is 5.93. The van der Waals surface area contributed by atoms with E-state index in [0.717, 1.165) is 5.56 Å². The summed E-state index contributed by atoms with van der Waals surface area (Å²) in [7, 11) is 0. The van der Waals surface area contributed by atoms with Crippen LogP contribution in [0.4, 0.5) is 4.39 Å². The molecule has 0 spiro atoms. The predicted octanol–water partition coefficient (Wildman–Crippen LogP) is 4.08. The van der Waals surface area contributed by atoms with Gasteiger partial charge in [0.25, 0.3) is 0 Å². The van der Waals surface area contributed by atoms with Crippen LogP contribution in [0, 0.1) is 5.82 Å². The molecule has 2 rings (SSSR count). The number of rotatable bonds is 4. The lowest BCUT2D eigenvalue weighted by Gasteiger charge is -2.14. The van der Waals surface area contributed by atoms with E-state index in [0.29, 0.717) is 16.3 Å². The molecule has 0 amide bonds. The monoisotopic (exact) mass is 279 g/mol. The molecule has 0 aliphatic carbocycles. The highest BCUT2D eigenvalue weighted by atomic mass is 35.5.